The number of nitrogens with one attached hydrogen (secondary N) is 1. The fourth-order valence-electron chi connectivity index (χ4n) is 2.93. The number of amides is 1. The summed E-state index contributed by atoms with van der Waals surface area (Å²) in [7, 11) is 1.57. The maximum absolute atomic E-state index is 12.2. The highest BCUT2D eigenvalue weighted by Gasteiger charge is 2.33. The first-order valence-corrected chi connectivity index (χ1v) is 7.05. The van der Waals surface area contributed by atoms with E-state index in [4.69, 9.17) is 4.74 Å². The number of carbonyl (C=O) groups is 3. The largest absolute Gasteiger partial charge is 0.497 e. The third-order valence-electron chi connectivity index (χ3n) is 3.85. The summed E-state index contributed by atoms with van der Waals surface area (Å²) in [5, 5.41) is 3.54. The van der Waals surface area contributed by atoms with Crippen molar-refractivity contribution in [3.8, 4) is 5.75 Å². The van der Waals surface area contributed by atoms with Gasteiger partial charge >= 0.3 is 0 Å². The molecule has 0 fully saturated rings. The van der Waals surface area contributed by atoms with Gasteiger partial charge in [-0.25, -0.2) is 0 Å². The highest BCUT2D eigenvalue weighted by molar-refractivity contribution is 6.20. The Morgan fingerprint density at radius 1 is 1.36 bits per heavy atom. The lowest BCUT2D eigenvalue weighted by Crippen LogP contribution is -2.22. The monoisotopic (exact) mass is 300 g/mol. The molecule has 2 heterocycles. The maximum atomic E-state index is 12.2. The van der Waals surface area contributed by atoms with E-state index in [9.17, 15) is 14.4 Å². The summed E-state index contributed by atoms with van der Waals surface area (Å²) < 4.78 is 6.71. The van der Waals surface area contributed by atoms with E-state index in [0.717, 1.165) is 10.9 Å². The first-order chi connectivity index (χ1) is 10.5. The topological polar surface area (TPSA) is 77.4 Å². The predicted octanol–water partition coefficient (Wildman–Crippen LogP) is 1.56. The Balaban J connectivity index is 2.14. The Bertz CT molecular complexity index is 804. The molecule has 1 N–H and O–H groups in total. The van der Waals surface area contributed by atoms with Crippen molar-refractivity contribution in [2.45, 2.75) is 19.8 Å². The highest BCUT2D eigenvalue weighted by Crippen LogP contribution is 2.33. The van der Waals surface area contributed by atoms with Crippen LogP contribution >= 0.6 is 0 Å². The average Bonchev–Trinajstić information content (AvgIpc) is 2.95. The Hall–Kier alpha value is -2.63. The quantitative estimate of drug-likeness (QED) is 0.869. The summed E-state index contributed by atoms with van der Waals surface area (Å²) in [6, 6.07) is 5.38. The number of nitrogens with zero attached hydrogens (tertiary/aromatic N) is 1. The molecular formula is C16H16N2O4. The van der Waals surface area contributed by atoms with E-state index in [1.54, 1.807) is 19.2 Å². The van der Waals surface area contributed by atoms with Gasteiger partial charge in [-0.05, 0) is 30.2 Å². The first-order valence-electron chi connectivity index (χ1n) is 7.05. The van der Waals surface area contributed by atoms with Crippen molar-refractivity contribution in [1.29, 1.82) is 0 Å². The molecule has 6 nitrogen and oxygen atoms in total. The number of hydrogen-bond donors (Lipinski definition) is 1. The lowest BCUT2D eigenvalue weighted by atomic mass is 10.0. The van der Waals surface area contributed by atoms with E-state index in [2.05, 4.69) is 5.32 Å². The second-order valence-electron chi connectivity index (χ2n) is 5.27. The number of rotatable bonds is 4. The molecule has 1 amide bonds. The lowest BCUT2D eigenvalue weighted by Gasteiger charge is -2.04. The molecule has 0 saturated carbocycles. The fraction of sp³-hybridized carbons (Fsp3) is 0.312. The molecule has 1 aromatic carbocycles. The van der Waals surface area contributed by atoms with Crippen molar-refractivity contribution in [2.75, 3.05) is 13.7 Å². The Morgan fingerprint density at radius 2 is 2.14 bits per heavy atom. The predicted molar refractivity (Wildman–Crippen MR) is 80.5 cm³/mol. The van der Waals surface area contributed by atoms with Crippen molar-refractivity contribution < 1.29 is 19.1 Å². The maximum Gasteiger partial charge on any atom is 0.239 e. The van der Waals surface area contributed by atoms with Crippen molar-refractivity contribution in [3.63, 3.8) is 0 Å². The van der Waals surface area contributed by atoms with E-state index in [1.165, 1.54) is 11.5 Å². The molecular weight excluding hydrogens is 284 g/mol. The molecule has 0 unspecified atom stereocenters. The molecule has 0 bridgehead atoms. The molecule has 1 aliphatic rings. The number of ketones is 1. The minimum atomic E-state index is -0.207. The molecule has 0 aliphatic carbocycles. The normalized spacial score (nSPS) is 13.5. The van der Waals surface area contributed by atoms with E-state index in [0.29, 0.717) is 29.9 Å². The molecule has 0 atom stereocenters. The number of hydrogen-bond acceptors (Lipinski definition) is 4. The zero-order valence-electron chi connectivity index (χ0n) is 12.4. The van der Waals surface area contributed by atoms with Gasteiger partial charge in [0.25, 0.3) is 0 Å². The van der Waals surface area contributed by atoms with E-state index < -0.39 is 0 Å². The third kappa shape index (κ3) is 2.16. The second-order valence-corrected chi connectivity index (χ2v) is 5.27. The van der Waals surface area contributed by atoms with Gasteiger partial charge in [0.15, 0.2) is 5.78 Å². The smallest absolute Gasteiger partial charge is 0.239 e. The molecule has 2 aromatic rings. The minimum absolute atomic E-state index is 0.0928. The number of methoxy groups -OCH3 is 1. The van der Waals surface area contributed by atoms with Gasteiger partial charge in [0.2, 0.25) is 11.8 Å². The molecule has 114 valence electrons. The molecule has 1 aliphatic heterocycles. The minimum Gasteiger partial charge on any atom is -0.497 e. The molecule has 0 saturated heterocycles. The zero-order chi connectivity index (χ0) is 15.9. The molecule has 0 spiro atoms. The van der Waals surface area contributed by atoms with Crippen LogP contribution < -0.4 is 10.1 Å². The molecule has 6 heteroatoms. The first kappa shape index (κ1) is 14.3. The van der Waals surface area contributed by atoms with E-state index in [1.807, 2.05) is 6.07 Å². The van der Waals surface area contributed by atoms with Crippen LogP contribution in [0.2, 0.25) is 0 Å². The number of fused-ring (bicyclic) bond motifs is 3. The van der Waals surface area contributed by atoms with Crippen LogP contribution in [0.25, 0.3) is 10.9 Å². The Labute approximate surface area is 127 Å². The summed E-state index contributed by atoms with van der Waals surface area (Å²) in [5.41, 5.74) is 1.95. The van der Waals surface area contributed by atoms with Gasteiger partial charge in [-0.2, -0.15) is 0 Å². The van der Waals surface area contributed by atoms with Crippen molar-refractivity contribution >= 4 is 28.5 Å². The van der Waals surface area contributed by atoms with Crippen molar-refractivity contribution in [2.24, 2.45) is 0 Å². The molecule has 3 rings (SSSR count). The SMILES string of the molecule is COc1ccc2c(c1)c(CCNC(C)=O)c1n2C(=O)CC1=O. The van der Waals surface area contributed by atoms with Gasteiger partial charge in [-0.15, -0.1) is 0 Å². The van der Waals surface area contributed by atoms with Crippen molar-refractivity contribution in [1.82, 2.24) is 9.88 Å². The number of Topliss-reactive ketones (excluding diaryl/α,β-unsaturated/α-hetero) is 1. The number of benzene rings is 1. The third-order valence-corrected chi connectivity index (χ3v) is 3.85. The second kappa shape index (κ2) is 5.29. The van der Waals surface area contributed by atoms with Gasteiger partial charge < -0.3 is 10.1 Å². The van der Waals surface area contributed by atoms with Gasteiger partial charge in [-0.3, -0.25) is 19.0 Å². The lowest BCUT2D eigenvalue weighted by molar-refractivity contribution is -0.118. The van der Waals surface area contributed by atoms with Crippen LogP contribution in [0.15, 0.2) is 18.2 Å². The molecule has 22 heavy (non-hydrogen) atoms. The van der Waals surface area contributed by atoms with Crippen LogP contribution in [0.4, 0.5) is 0 Å². The van der Waals surface area contributed by atoms with Crippen LogP contribution in [0.5, 0.6) is 5.75 Å². The number of ether oxygens (including phenoxy) is 1. The summed E-state index contributed by atoms with van der Waals surface area (Å²) >= 11 is 0. The van der Waals surface area contributed by atoms with Crippen LogP contribution in [-0.2, 0) is 11.2 Å². The Kier molecular flexibility index (Phi) is 3.44. The van der Waals surface area contributed by atoms with Gasteiger partial charge in [0.1, 0.15) is 5.75 Å². The standard InChI is InChI=1S/C16H16N2O4/c1-9(19)17-6-5-11-12-7-10(22-2)3-4-13(12)18-15(21)8-14(20)16(11)18/h3-4,7H,5-6,8H2,1-2H3,(H,17,19). The van der Waals surface area contributed by atoms with Crippen LogP contribution in [-0.4, -0.2) is 35.8 Å². The van der Waals surface area contributed by atoms with Crippen LogP contribution in [0.1, 0.15) is 34.2 Å². The fourth-order valence-corrected chi connectivity index (χ4v) is 2.93. The highest BCUT2D eigenvalue weighted by atomic mass is 16.5. The molecule has 0 radical (unpaired) electrons. The zero-order valence-corrected chi connectivity index (χ0v) is 12.4. The summed E-state index contributed by atoms with van der Waals surface area (Å²) in [6.45, 7) is 1.86. The molecule has 1 aromatic heterocycles. The number of carbonyl (C=O) groups excluding carboxylic acids is 3. The van der Waals surface area contributed by atoms with Crippen LogP contribution in [0.3, 0.4) is 0 Å². The van der Waals surface area contributed by atoms with E-state index >= 15 is 0 Å². The van der Waals surface area contributed by atoms with E-state index in [-0.39, 0.29) is 24.0 Å². The summed E-state index contributed by atoms with van der Waals surface area (Å²) in [5.74, 6) is 0.163. The summed E-state index contributed by atoms with van der Waals surface area (Å²) in [4.78, 5) is 35.3. The average molecular weight is 300 g/mol. The van der Waals surface area contributed by atoms with Crippen molar-refractivity contribution in [3.05, 3.63) is 29.5 Å². The van der Waals surface area contributed by atoms with Crippen LogP contribution in [0, 0.1) is 0 Å². The number of aromatic nitrogens is 1. The van der Waals surface area contributed by atoms with Gasteiger partial charge in [0.05, 0.1) is 24.7 Å². The van der Waals surface area contributed by atoms with Gasteiger partial charge in [0, 0.05) is 18.9 Å². The van der Waals surface area contributed by atoms with Gasteiger partial charge in [-0.1, -0.05) is 0 Å². The Morgan fingerprint density at radius 3 is 2.82 bits per heavy atom. The summed E-state index contributed by atoms with van der Waals surface area (Å²) in [6.07, 6.45) is 0.398.